The van der Waals surface area contributed by atoms with Gasteiger partial charge in [0.25, 0.3) is 0 Å². The third kappa shape index (κ3) is 3.51. The summed E-state index contributed by atoms with van der Waals surface area (Å²) in [5.41, 5.74) is 7.51. The molecule has 0 bridgehead atoms. The van der Waals surface area contributed by atoms with Crippen LogP contribution < -0.4 is 0 Å². The molecule has 0 aliphatic heterocycles. The van der Waals surface area contributed by atoms with Gasteiger partial charge in [0, 0.05) is 0 Å². The Morgan fingerprint density at radius 3 is 2.12 bits per heavy atom. The number of hydrogen-bond donors (Lipinski definition) is 1. The van der Waals surface area contributed by atoms with Gasteiger partial charge in [0.1, 0.15) is 10.8 Å². The second-order valence-electron chi connectivity index (χ2n) is 7.64. The van der Waals surface area contributed by atoms with Gasteiger partial charge in [0.05, 0.1) is 26.8 Å². The molecule has 6 aromatic rings. The van der Waals surface area contributed by atoms with Crippen LogP contribution in [0.5, 0.6) is 0 Å². The number of nitrogens with zero attached hydrogens (tertiary/aromatic N) is 2. The van der Waals surface area contributed by atoms with Crippen molar-refractivity contribution < 1.29 is 0 Å². The summed E-state index contributed by atoms with van der Waals surface area (Å²) >= 11 is 1.69. The van der Waals surface area contributed by atoms with E-state index in [1.807, 2.05) is 30.3 Å². The quantitative estimate of drug-likeness (QED) is 0.317. The topological polar surface area (TPSA) is 41.6 Å². The van der Waals surface area contributed by atoms with E-state index in [0.29, 0.717) is 0 Å². The normalized spacial score (nSPS) is 11.9. The molecule has 0 aliphatic carbocycles. The average molecular weight is 430 g/mol. The molecule has 0 saturated carbocycles. The highest BCUT2D eigenvalue weighted by Crippen LogP contribution is 2.32. The van der Waals surface area contributed by atoms with Crippen molar-refractivity contribution in [1.29, 1.82) is 0 Å². The number of rotatable bonds is 4. The third-order valence-electron chi connectivity index (χ3n) is 5.50. The maximum absolute atomic E-state index is 4.91. The van der Waals surface area contributed by atoms with Crippen LogP contribution in [-0.2, 0) is 0 Å². The minimum atomic E-state index is 0.831. The molecule has 0 aliphatic rings. The number of para-hydroxylation sites is 3. The van der Waals surface area contributed by atoms with Gasteiger partial charge in [-0.15, -0.1) is 11.3 Å². The summed E-state index contributed by atoms with van der Waals surface area (Å²) in [7, 11) is 0. The number of H-pyrrole nitrogens is 1. The van der Waals surface area contributed by atoms with Crippen LogP contribution in [0.15, 0.2) is 103 Å². The lowest BCUT2D eigenvalue weighted by molar-refractivity contribution is 1.25. The summed E-state index contributed by atoms with van der Waals surface area (Å²) < 4.78 is 1.17. The molecule has 2 aromatic heterocycles. The highest BCUT2D eigenvalue weighted by Gasteiger charge is 2.15. The molecule has 0 spiro atoms. The first kappa shape index (κ1) is 18.7. The van der Waals surface area contributed by atoms with Crippen molar-refractivity contribution in [2.45, 2.75) is 0 Å². The summed E-state index contributed by atoms with van der Waals surface area (Å²) in [5, 5.41) is 0.956. The standard InChI is InChI=1S/C28H19N3S/c1-2-8-20(9-3-1)21-16-14-19(15-17-21)18-22(27-29-23-10-4-5-11-24(23)30-27)28-31-25-12-6-7-13-26(25)32-28/h1-18H,(H,29,30). The highest BCUT2D eigenvalue weighted by molar-refractivity contribution is 7.19. The number of imidazole rings is 1. The van der Waals surface area contributed by atoms with E-state index >= 15 is 0 Å². The van der Waals surface area contributed by atoms with Crippen LogP contribution in [0.25, 0.3) is 44.0 Å². The predicted molar refractivity (Wildman–Crippen MR) is 135 cm³/mol. The van der Waals surface area contributed by atoms with Crippen molar-refractivity contribution in [2.75, 3.05) is 0 Å². The molecule has 32 heavy (non-hydrogen) atoms. The molecular formula is C28H19N3S. The van der Waals surface area contributed by atoms with E-state index in [2.05, 4.69) is 83.9 Å². The third-order valence-corrected chi connectivity index (χ3v) is 6.57. The summed E-state index contributed by atoms with van der Waals surface area (Å²) in [6.07, 6.45) is 2.17. The summed E-state index contributed by atoms with van der Waals surface area (Å²) in [5.74, 6) is 0.831. The average Bonchev–Trinajstić information content (AvgIpc) is 3.47. The fourth-order valence-electron chi connectivity index (χ4n) is 3.87. The molecule has 3 nitrogen and oxygen atoms in total. The largest absolute Gasteiger partial charge is 0.338 e. The molecule has 0 fully saturated rings. The zero-order chi connectivity index (χ0) is 21.3. The molecule has 0 saturated heterocycles. The fourth-order valence-corrected chi connectivity index (χ4v) is 4.85. The van der Waals surface area contributed by atoms with Crippen molar-refractivity contribution in [3.8, 4) is 11.1 Å². The summed E-state index contributed by atoms with van der Waals surface area (Å²) in [6, 6.07) is 35.4. The molecule has 4 heteroatoms. The number of fused-ring (bicyclic) bond motifs is 2. The molecule has 0 unspecified atom stereocenters. The van der Waals surface area contributed by atoms with Crippen LogP contribution >= 0.6 is 11.3 Å². The first-order valence-electron chi connectivity index (χ1n) is 10.5. The molecule has 2 heterocycles. The van der Waals surface area contributed by atoms with Gasteiger partial charge in [-0.25, -0.2) is 9.97 Å². The van der Waals surface area contributed by atoms with E-state index in [1.165, 1.54) is 15.8 Å². The van der Waals surface area contributed by atoms with Crippen molar-refractivity contribution in [3.63, 3.8) is 0 Å². The van der Waals surface area contributed by atoms with Crippen LogP contribution in [0.2, 0.25) is 0 Å². The van der Waals surface area contributed by atoms with Crippen LogP contribution in [0.3, 0.4) is 0 Å². The van der Waals surface area contributed by atoms with E-state index < -0.39 is 0 Å². The molecule has 1 N–H and O–H groups in total. The molecule has 6 rings (SSSR count). The van der Waals surface area contributed by atoms with Crippen LogP contribution in [0, 0.1) is 0 Å². The van der Waals surface area contributed by atoms with Gasteiger partial charge in [-0.2, -0.15) is 0 Å². The Labute approximate surface area is 189 Å². The number of nitrogens with one attached hydrogen (secondary N) is 1. The molecule has 4 aromatic carbocycles. The van der Waals surface area contributed by atoms with E-state index in [-0.39, 0.29) is 0 Å². The highest BCUT2D eigenvalue weighted by atomic mass is 32.1. The minimum Gasteiger partial charge on any atom is -0.338 e. The van der Waals surface area contributed by atoms with Gasteiger partial charge in [-0.1, -0.05) is 78.9 Å². The lowest BCUT2D eigenvalue weighted by atomic mass is 10.0. The Balaban J connectivity index is 1.48. The Morgan fingerprint density at radius 1 is 0.656 bits per heavy atom. The summed E-state index contributed by atoms with van der Waals surface area (Å²) in [4.78, 5) is 13.3. The number of thiazole rings is 1. The second-order valence-corrected chi connectivity index (χ2v) is 8.67. The Hall–Kier alpha value is -4.02. The second kappa shape index (κ2) is 7.91. The first-order valence-corrected chi connectivity index (χ1v) is 11.3. The number of hydrogen-bond acceptors (Lipinski definition) is 3. The van der Waals surface area contributed by atoms with Crippen molar-refractivity contribution in [2.24, 2.45) is 0 Å². The maximum atomic E-state index is 4.91. The maximum Gasteiger partial charge on any atom is 0.141 e. The van der Waals surface area contributed by atoms with E-state index in [1.54, 1.807) is 11.3 Å². The Kier molecular flexibility index (Phi) is 4.63. The van der Waals surface area contributed by atoms with Crippen molar-refractivity contribution >= 4 is 44.2 Å². The Morgan fingerprint density at radius 2 is 1.34 bits per heavy atom. The minimum absolute atomic E-state index is 0.831. The van der Waals surface area contributed by atoms with Gasteiger partial charge in [-0.05, 0) is 47.0 Å². The molecular weight excluding hydrogens is 410 g/mol. The monoisotopic (exact) mass is 429 g/mol. The Bertz CT molecular complexity index is 1420. The number of aromatic amines is 1. The lowest BCUT2D eigenvalue weighted by Crippen LogP contribution is -1.90. The van der Waals surface area contributed by atoms with E-state index in [4.69, 9.17) is 9.97 Å². The smallest absolute Gasteiger partial charge is 0.141 e. The molecule has 0 radical (unpaired) electrons. The zero-order valence-corrected chi connectivity index (χ0v) is 18.0. The van der Waals surface area contributed by atoms with Crippen LogP contribution in [-0.4, -0.2) is 15.0 Å². The lowest BCUT2D eigenvalue weighted by Gasteiger charge is -2.04. The molecule has 0 amide bonds. The molecule has 0 atom stereocenters. The van der Waals surface area contributed by atoms with Gasteiger partial charge in [0.15, 0.2) is 0 Å². The number of benzene rings is 4. The van der Waals surface area contributed by atoms with Gasteiger partial charge in [0.2, 0.25) is 0 Å². The van der Waals surface area contributed by atoms with E-state index in [0.717, 1.165) is 38.5 Å². The number of aromatic nitrogens is 3. The summed E-state index contributed by atoms with van der Waals surface area (Å²) in [6.45, 7) is 0. The van der Waals surface area contributed by atoms with Crippen LogP contribution in [0.1, 0.15) is 16.4 Å². The zero-order valence-electron chi connectivity index (χ0n) is 17.2. The van der Waals surface area contributed by atoms with E-state index in [9.17, 15) is 0 Å². The van der Waals surface area contributed by atoms with Gasteiger partial charge >= 0.3 is 0 Å². The van der Waals surface area contributed by atoms with Gasteiger partial charge in [-0.3, -0.25) is 0 Å². The fraction of sp³-hybridized carbons (Fsp3) is 0. The predicted octanol–water partition coefficient (Wildman–Crippen LogP) is 7.43. The SMILES string of the molecule is C(=C(c1nc2ccccc2[nH]1)c1nc2ccccc2s1)c1ccc(-c2ccccc2)cc1. The van der Waals surface area contributed by atoms with Gasteiger partial charge < -0.3 is 4.98 Å². The van der Waals surface area contributed by atoms with Crippen LogP contribution in [0.4, 0.5) is 0 Å². The van der Waals surface area contributed by atoms with Crippen molar-refractivity contribution in [3.05, 3.63) is 120 Å². The molecule has 152 valence electrons. The first-order chi connectivity index (χ1) is 15.8. The van der Waals surface area contributed by atoms with Crippen molar-refractivity contribution in [1.82, 2.24) is 15.0 Å².